The fourth-order valence-corrected chi connectivity index (χ4v) is 2.44. The molecular weight excluding hydrogens is 174 g/mol. The van der Waals surface area contributed by atoms with Gasteiger partial charge in [-0.05, 0) is 38.8 Å². The third-order valence-corrected chi connectivity index (χ3v) is 3.48. The lowest BCUT2D eigenvalue weighted by Crippen LogP contribution is -2.50. The van der Waals surface area contributed by atoms with Gasteiger partial charge in [-0.15, -0.1) is 0 Å². The summed E-state index contributed by atoms with van der Waals surface area (Å²) in [6.07, 6.45) is 6.59. The van der Waals surface area contributed by atoms with E-state index in [0.717, 1.165) is 12.6 Å². The van der Waals surface area contributed by atoms with Crippen LogP contribution in [-0.4, -0.2) is 43.2 Å². The molecule has 3 heteroatoms. The fourth-order valence-electron chi connectivity index (χ4n) is 2.44. The molecule has 0 bridgehead atoms. The van der Waals surface area contributed by atoms with Crippen LogP contribution in [0.5, 0.6) is 0 Å². The van der Waals surface area contributed by atoms with E-state index in [4.69, 9.17) is 5.73 Å². The van der Waals surface area contributed by atoms with E-state index in [1.54, 1.807) is 0 Å². The van der Waals surface area contributed by atoms with E-state index in [1.807, 2.05) is 0 Å². The fraction of sp³-hybridized carbons (Fsp3) is 1.00. The predicted molar refractivity (Wildman–Crippen MR) is 59.3 cm³/mol. The van der Waals surface area contributed by atoms with Gasteiger partial charge in [-0.2, -0.15) is 0 Å². The molecule has 0 aromatic rings. The molecule has 0 atom stereocenters. The molecule has 1 saturated carbocycles. The minimum atomic E-state index is 0.475. The highest BCUT2D eigenvalue weighted by molar-refractivity contribution is 4.87. The van der Waals surface area contributed by atoms with Gasteiger partial charge in [0.2, 0.25) is 0 Å². The number of nitrogens with two attached hydrogens (primary N) is 1. The van der Waals surface area contributed by atoms with Gasteiger partial charge < -0.3 is 16.0 Å². The average molecular weight is 197 g/mol. The molecule has 0 amide bonds. The van der Waals surface area contributed by atoms with Crippen molar-refractivity contribution in [3.05, 3.63) is 0 Å². The zero-order chi connectivity index (χ0) is 9.80. The lowest BCUT2D eigenvalue weighted by molar-refractivity contribution is 0.214. The maximum Gasteiger partial charge on any atom is 0.0107 e. The maximum atomic E-state index is 5.73. The van der Waals surface area contributed by atoms with Crippen LogP contribution in [0.4, 0.5) is 0 Å². The molecule has 0 spiro atoms. The van der Waals surface area contributed by atoms with Gasteiger partial charge in [0.15, 0.2) is 0 Å². The summed E-state index contributed by atoms with van der Waals surface area (Å²) >= 11 is 0. The molecule has 14 heavy (non-hydrogen) atoms. The molecule has 0 aromatic carbocycles. The van der Waals surface area contributed by atoms with Crippen molar-refractivity contribution in [1.29, 1.82) is 0 Å². The van der Waals surface area contributed by atoms with Crippen molar-refractivity contribution in [3.63, 3.8) is 0 Å². The summed E-state index contributed by atoms with van der Waals surface area (Å²) in [7, 11) is 0. The quantitative estimate of drug-likeness (QED) is 0.691. The van der Waals surface area contributed by atoms with Gasteiger partial charge in [-0.25, -0.2) is 0 Å². The third kappa shape index (κ3) is 2.94. The first-order valence-corrected chi connectivity index (χ1v) is 6.06. The second kappa shape index (κ2) is 5.10. The highest BCUT2D eigenvalue weighted by Gasteiger charge is 2.24. The summed E-state index contributed by atoms with van der Waals surface area (Å²) in [5, 5.41) is 3.58. The summed E-state index contributed by atoms with van der Waals surface area (Å²) in [5.74, 6) is 0. The molecular formula is C11H23N3. The summed E-state index contributed by atoms with van der Waals surface area (Å²) in [6.45, 7) is 5.00. The van der Waals surface area contributed by atoms with E-state index in [-0.39, 0.29) is 0 Å². The standard InChI is InChI=1S/C11H23N3/c12-10-8-11(9-10)13-4-7-14-5-2-1-3-6-14/h10-11,13H,1-9,12H2. The Morgan fingerprint density at radius 2 is 1.86 bits per heavy atom. The zero-order valence-electron chi connectivity index (χ0n) is 9.04. The van der Waals surface area contributed by atoms with Crippen molar-refractivity contribution in [2.45, 2.75) is 44.2 Å². The van der Waals surface area contributed by atoms with Crippen LogP contribution in [-0.2, 0) is 0 Å². The molecule has 2 aliphatic rings. The molecule has 0 radical (unpaired) electrons. The van der Waals surface area contributed by atoms with E-state index >= 15 is 0 Å². The number of likely N-dealkylation sites (tertiary alicyclic amines) is 1. The summed E-state index contributed by atoms with van der Waals surface area (Å²) in [5.41, 5.74) is 5.73. The summed E-state index contributed by atoms with van der Waals surface area (Å²) in [6, 6.07) is 1.19. The number of rotatable bonds is 4. The molecule has 1 aliphatic heterocycles. The van der Waals surface area contributed by atoms with Gasteiger partial charge in [0, 0.05) is 25.2 Å². The molecule has 0 aromatic heterocycles. The number of hydrogen-bond acceptors (Lipinski definition) is 3. The molecule has 1 saturated heterocycles. The van der Waals surface area contributed by atoms with Gasteiger partial charge >= 0.3 is 0 Å². The van der Waals surface area contributed by atoms with Crippen LogP contribution in [0.3, 0.4) is 0 Å². The van der Waals surface area contributed by atoms with Crippen LogP contribution in [0.2, 0.25) is 0 Å². The molecule has 82 valence electrons. The number of nitrogens with zero attached hydrogens (tertiary/aromatic N) is 1. The van der Waals surface area contributed by atoms with Crippen molar-refractivity contribution >= 4 is 0 Å². The Morgan fingerprint density at radius 3 is 2.50 bits per heavy atom. The lowest BCUT2D eigenvalue weighted by Gasteiger charge is -2.34. The first-order chi connectivity index (χ1) is 6.84. The predicted octanol–water partition coefficient (Wildman–Crippen LogP) is 0.552. The lowest BCUT2D eigenvalue weighted by atomic mass is 9.88. The first kappa shape index (κ1) is 10.4. The Bertz CT molecular complexity index is 160. The van der Waals surface area contributed by atoms with Crippen molar-refractivity contribution in [2.24, 2.45) is 5.73 Å². The van der Waals surface area contributed by atoms with Crippen molar-refractivity contribution in [2.75, 3.05) is 26.2 Å². The van der Waals surface area contributed by atoms with Crippen LogP contribution >= 0.6 is 0 Å². The third-order valence-electron chi connectivity index (χ3n) is 3.48. The molecule has 2 rings (SSSR count). The molecule has 1 aliphatic carbocycles. The van der Waals surface area contributed by atoms with Crippen molar-refractivity contribution < 1.29 is 0 Å². The monoisotopic (exact) mass is 197 g/mol. The first-order valence-electron chi connectivity index (χ1n) is 6.06. The van der Waals surface area contributed by atoms with Gasteiger partial charge in [-0.1, -0.05) is 6.42 Å². The summed E-state index contributed by atoms with van der Waals surface area (Å²) < 4.78 is 0. The van der Waals surface area contributed by atoms with Crippen molar-refractivity contribution in [3.8, 4) is 0 Å². The minimum absolute atomic E-state index is 0.475. The molecule has 1 heterocycles. The van der Waals surface area contributed by atoms with Crippen molar-refractivity contribution in [1.82, 2.24) is 10.2 Å². The van der Waals surface area contributed by atoms with Gasteiger partial charge in [0.25, 0.3) is 0 Å². The molecule has 2 fully saturated rings. The van der Waals surface area contributed by atoms with E-state index in [1.165, 1.54) is 51.7 Å². The smallest absolute Gasteiger partial charge is 0.0107 e. The Balaban J connectivity index is 1.50. The summed E-state index contributed by atoms with van der Waals surface area (Å²) in [4.78, 5) is 2.58. The molecule has 3 N–H and O–H groups in total. The van der Waals surface area contributed by atoms with E-state index < -0.39 is 0 Å². The zero-order valence-corrected chi connectivity index (χ0v) is 9.04. The molecule has 3 nitrogen and oxygen atoms in total. The topological polar surface area (TPSA) is 41.3 Å². The normalized spacial score (nSPS) is 34.1. The SMILES string of the molecule is NC1CC(NCCN2CCCCC2)C1. The van der Waals surface area contributed by atoms with Crippen LogP contribution in [0.15, 0.2) is 0 Å². The maximum absolute atomic E-state index is 5.73. The van der Waals surface area contributed by atoms with E-state index in [9.17, 15) is 0 Å². The number of nitrogens with one attached hydrogen (secondary N) is 1. The number of piperidine rings is 1. The van der Waals surface area contributed by atoms with Crippen LogP contribution in [0.1, 0.15) is 32.1 Å². The van der Waals surface area contributed by atoms with Gasteiger partial charge in [0.1, 0.15) is 0 Å². The van der Waals surface area contributed by atoms with Gasteiger partial charge in [0.05, 0.1) is 0 Å². The minimum Gasteiger partial charge on any atom is -0.328 e. The highest BCUT2D eigenvalue weighted by atomic mass is 15.1. The van der Waals surface area contributed by atoms with Crippen LogP contribution in [0, 0.1) is 0 Å². The Labute approximate surface area is 87.0 Å². The van der Waals surface area contributed by atoms with Crippen LogP contribution < -0.4 is 11.1 Å². The Kier molecular flexibility index (Phi) is 3.79. The van der Waals surface area contributed by atoms with E-state index in [0.29, 0.717) is 6.04 Å². The molecule has 0 unspecified atom stereocenters. The second-order valence-electron chi connectivity index (χ2n) is 4.78. The van der Waals surface area contributed by atoms with Gasteiger partial charge in [-0.3, -0.25) is 0 Å². The average Bonchev–Trinajstić information content (AvgIpc) is 2.17. The second-order valence-corrected chi connectivity index (χ2v) is 4.78. The Morgan fingerprint density at radius 1 is 1.14 bits per heavy atom. The highest BCUT2D eigenvalue weighted by Crippen LogP contribution is 2.17. The number of hydrogen-bond donors (Lipinski definition) is 2. The Hall–Kier alpha value is -0.120. The van der Waals surface area contributed by atoms with Crippen LogP contribution in [0.25, 0.3) is 0 Å². The van der Waals surface area contributed by atoms with E-state index in [2.05, 4.69) is 10.2 Å². The largest absolute Gasteiger partial charge is 0.328 e.